The minimum Gasteiger partial charge on any atom is -0.478 e. The largest absolute Gasteiger partial charge is 0.478 e. The van der Waals surface area contributed by atoms with Crippen LogP contribution in [0.3, 0.4) is 0 Å². The maximum atomic E-state index is 14.9. The molecule has 376 valence electrons. The molecule has 0 radical (unpaired) electrons. The van der Waals surface area contributed by atoms with Gasteiger partial charge in [0, 0.05) is 97.9 Å². The molecule has 5 N–H and O–H groups in total. The summed E-state index contributed by atoms with van der Waals surface area (Å²) < 4.78 is 39.3. The Hall–Kier alpha value is -6.21. The van der Waals surface area contributed by atoms with E-state index in [1.807, 2.05) is 24.3 Å². The Morgan fingerprint density at radius 1 is 1.03 bits per heavy atom. The highest BCUT2D eigenvalue weighted by Gasteiger charge is 2.39. The van der Waals surface area contributed by atoms with Crippen molar-refractivity contribution >= 4 is 54.0 Å². The SMILES string of the molecule is C=CC(=O)Nc1cc(Nc2nc(-c3ccnc(N4CCn5c(cc6c5CC(C)(C)C6)C4=O)c3CO)cnc2OC)ccc1N1CCN(C2CCN(c3ccc(F)c(C(C)(C)OP(=O)(O)O)c3)CC2)C[C@@H]1C. The average molecular weight is 993 g/mol. The van der Waals surface area contributed by atoms with Gasteiger partial charge >= 0.3 is 7.82 Å². The van der Waals surface area contributed by atoms with E-state index in [-0.39, 0.29) is 40.5 Å². The van der Waals surface area contributed by atoms with E-state index >= 15 is 0 Å². The highest BCUT2D eigenvalue weighted by Crippen LogP contribution is 2.47. The number of aliphatic hydroxyl groups is 1. The van der Waals surface area contributed by atoms with E-state index in [0.29, 0.717) is 65.4 Å². The van der Waals surface area contributed by atoms with E-state index in [0.717, 1.165) is 63.2 Å². The molecule has 0 bridgehead atoms. The fraction of sp³-hybridized carbons (Fsp3) is 0.431. The first-order valence-corrected chi connectivity index (χ1v) is 25.5. The third-order valence-corrected chi connectivity index (χ3v) is 14.9. The lowest BCUT2D eigenvalue weighted by atomic mass is 9.90. The van der Waals surface area contributed by atoms with Crippen molar-refractivity contribution in [3.63, 3.8) is 0 Å². The molecule has 2 saturated heterocycles. The standard InChI is InChI=1S/C51H62FN10O8P/c1-8-45(64)56-40-24-33(9-12-42(40)60-20-19-59(29-31(60)2)34-14-17-58(18-15-34)35-10-11-39(52)38(25-35)51(5,6)70-71(66,67)68)55-46-48(69-7)54-28-41(57-46)36-13-16-53-47(37(36)30-63)62-22-21-61-43(49(62)65)23-32-26-50(3,4)27-44(32)61/h8-13,16,23-25,28,31,34,63H,1,14-15,17-22,26-27,29-30H2,2-7H3,(H,55,57)(H,56,64)(H2,66,67,68)/t31-/m0/s1. The lowest BCUT2D eigenvalue weighted by Gasteiger charge is -2.47. The molecule has 6 heterocycles. The lowest BCUT2D eigenvalue weighted by molar-refractivity contribution is -0.111. The van der Waals surface area contributed by atoms with Gasteiger partial charge < -0.3 is 44.6 Å². The van der Waals surface area contributed by atoms with Crippen molar-refractivity contribution in [2.24, 2.45) is 5.41 Å². The molecule has 4 aliphatic rings. The number of carbonyl (C=O) groups excluding carboxylic acids is 2. The summed E-state index contributed by atoms with van der Waals surface area (Å²) in [7, 11) is -3.37. The van der Waals surface area contributed by atoms with Gasteiger partial charge in [0.1, 0.15) is 22.9 Å². The number of anilines is 6. The van der Waals surface area contributed by atoms with E-state index in [1.54, 1.807) is 35.5 Å². The average Bonchev–Trinajstić information content (AvgIpc) is 3.83. The number of hydrogen-bond acceptors (Lipinski definition) is 13. The van der Waals surface area contributed by atoms with Crippen molar-refractivity contribution < 1.29 is 42.7 Å². The Balaban J connectivity index is 0.897. The van der Waals surface area contributed by atoms with E-state index in [4.69, 9.17) is 14.2 Å². The van der Waals surface area contributed by atoms with Crippen LogP contribution < -0.4 is 30.1 Å². The quantitative estimate of drug-likeness (QED) is 0.0552. The topological polar surface area (TPSA) is 211 Å². The van der Waals surface area contributed by atoms with Crippen LogP contribution in [0.25, 0.3) is 11.3 Å². The van der Waals surface area contributed by atoms with Crippen molar-refractivity contribution in [2.45, 2.75) is 91.1 Å². The summed E-state index contributed by atoms with van der Waals surface area (Å²) in [5.41, 5.74) is 5.94. The Bertz CT molecular complexity index is 2930. The van der Waals surface area contributed by atoms with Crippen molar-refractivity contribution in [1.82, 2.24) is 24.4 Å². The van der Waals surface area contributed by atoms with E-state index in [2.05, 4.69) is 67.2 Å². The normalized spacial score (nSPS) is 18.6. The Morgan fingerprint density at radius 3 is 2.51 bits per heavy atom. The number of phosphoric ester groups is 1. The first-order chi connectivity index (χ1) is 33.8. The molecule has 0 unspecified atom stereocenters. The van der Waals surface area contributed by atoms with Crippen molar-refractivity contribution in [3.05, 3.63) is 107 Å². The van der Waals surface area contributed by atoms with Crippen LogP contribution in [0.15, 0.2) is 73.6 Å². The number of benzene rings is 2. The van der Waals surface area contributed by atoms with Gasteiger partial charge in [-0.25, -0.2) is 23.9 Å². The predicted octanol–water partition coefficient (Wildman–Crippen LogP) is 7.16. The smallest absolute Gasteiger partial charge is 0.470 e. The summed E-state index contributed by atoms with van der Waals surface area (Å²) in [5.74, 6) is -0.262. The number of methoxy groups -OCH3 is 1. The summed E-state index contributed by atoms with van der Waals surface area (Å²) in [6.07, 6.45) is 7.97. The van der Waals surface area contributed by atoms with Crippen molar-refractivity contribution in [2.75, 3.05) is 71.7 Å². The number of nitrogens with one attached hydrogen (secondary N) is 2. The molecule has 1 aliphatic carbocycles. The summed E-state index contributed by atoms with van der Waals surface area (Å²) in [6.45, 7) is 17.5. The molecule has 0 saturated carbocycles. The Labute approximate surface area is 412 Å². The number of pyridine rings is 1. The third kappa shape index (κ3) is 10.2. The number of carbonyl (C=O) groups is 2. The van der Waals surface area contributed by atoms with Gasteiger partial charge in [0.2, 0.25) is 5.91 Å². The van der Waals surface area contributed by atoms with Crippen LogP contribution in [0, 0.1) is 11.2 Å². The fourth-order valence-electron chi connectivity index (χ4n) is 10.9. The molecule has 18 nitrogen and oxygen atoms in total. The summed E-state index contributed by atoms with van der Waals surface area (Å²) in [6, 6.07) is 14.5. The molecule has 5 aromatic rings. The zero-order valence-corrected chi connectivity index (χ0v) is 41.9. The lowest BCUT2D eigenvalue weighted by Crippen LogP contribution is -2.57. The number of phosphoric acid groups is 1. The third-order valence-electron chi connectivity index (χ3n) is 14.2. The van der Waals surface area contributed by atoms with Crippen LogP contribution in [0.5, 0.6) is 5.88 Å². The van der Waals surface area contributed by atoms with Crippen LogP contribution >= 0.6 is 7.82 Å². The van der Waals surface area contributed by atoms with E-state index in [9.17, 15) is 33.4 Å². The van der Waals surface area contributed by atoms with Crippen LogP contribution in [-0.2, 0) is 45.5 Å². The second kappa shape index (κ2) is 19.4. The number of ether oxygens (including phenoxy) is 1. The molecule has 2 fully saturated rings. The molecule has 3 aromatic heterocycles. The van der Waals surface area contributed by atoms with Crippen LogP contribution in [0.1, 0.15) is 80.3 Å². The van der Waals surface area contributed by atoms with Crippen molar-refractivity contribution in [1.29, 1.82) is 0 Å². The highest BCUT2D eigenvalue weighted by atomic mass is 31.2. The van der Waals surface area contributed by atoms with Gasteiger partial charge in [0.05, 0.1) is 37.0 Å². The van der Waals surface area contributed by atoms with Gasteiger partial charge in [-0.1, -0.05) is 20.4 Å². The summed E-state index contributed by atoms with van der Waals surface area (Å²) in [4.78, 5) is 68.5. The molecule has 1 atom stereocenters. The van der Waals surface area contributed by atoms with Gasteiger partial charge in [0.15, 0.2) is 5.82 Å². The first kappa shape index (κ1) is 49.8. The number of piperazine rings is 1. The molecule has 71 heavy (non-hydrogen) atoms. The molecule has 9 rings (SSSR count). The minimum atomic E-state index is -4.87. The van der Waals surface area contributed by atoms with Gasteiger partial charge in [-0.2, -0.15) is 0 Å². The number of aliphatic hydroxyl groups excluding tert-OH is 1. The maximum Gasteiger partial charge on any atom is 0.470 e. The predicted molar refractivity (Wildman–Crippen MR) is 270 cm³/mol. The maximum absolute atomic E-state index is 14.9. The van der Waals surface area contributed by atoms with Crippen LogP contribution in [0.4, 0.5) is 38.8 Å². The van der Waals surface area contributed by atoms with Crippen LogP contribution in [0.2, 0.25) is 0 Å². The van der Waals surface area contributed by atoms with Crippen molar-refractivity contribution in [3.8, 4) is 17.1 Å². The molecule has 0 spiro atoms. The summed E-state index contributed by atoms with van der Waals surface area (Å²) >= 11 is 0. The zero-order chi connectivity index (χ0) is 50.6. The molecular weight excluding hydrogens is 931 g/mol. The zero-order valence-electron chi connectivity index (χ0n) is 41.0. The number of fused-ring (bicyclic) bond motifs is 3. The second-order valence-corrected chi connectivity index (χ2v) is 21.3. The number of amides is 2. The molecule has 20 heteroatoms. The van der Waals surface area contributed by atoms with E-state index < -0.39 is 25.8 Å². The number of hydrogen-bond donors (Lipinski definition) is 5. The number of piperidine rings is 1. The first-order valence-electron chi connectivity index (χ1n) is 24.0. The highest BCUT2D eigenvalue weighted by molar-refractivity contribution is 7.46. The number of aromatic nitrogens is 4. The molecule has 2 aromatic carbocycles. The Kier molecular flexibility index (Phi) is 13.6. The molecule has 3 aliphatic heterocycles. The van der Waals surface area contributed by atoms with Gasteiger partial charge in [-0.15, -0.1) is 0 Å². The number of nitrogens with zero attached hydrogens (tertiary/aromatic N) is 8. The molecular formula is C51H62FN10O8P. The minimum absolute atomic E-state index is 0.0726. The molecule has 2 amide bonds. The van der Waals surface area contributed by atoms with Gasteiger partial charge in [-0.3, -0.25) is 23.9 Å². The van der Waals surface area contributed by atoms with E-state index in [1.165, 1.54) is 44.4 Å². The van der Waals surface area contributed by atoms with Gasteiger partial charge in [-0.05, 0) is 112 Å². The second-order valence-electron chi connectivity index (χ2n) is 20.1. The number of halogens is 1. The van der Waals surface area contributed by atoms with Crippen LogP contribution in [-0.4, -0.2) is 110 Å². The summed E-state index contributed by atoms with van der Waals surface area (Å²) in [5, 5.41) is 17.2. The monoisotopic (exact) mass is 992 g/mol. The fourth-order valence-corrected chi connectivity index (χ4v) is 11.6. The number of rotatable bonds is 14. The van der Waals surface area contributed by atoms with Gasteiger partial charge in [0.25, 0.3) is 11.8 Å². The Morgan fingerprint density at radius 2 is 1.80 bits per heavy atom.